The number of hydrogen-bond acceptors (Lipinski definition) is 4. The van der Waals surface area contributed by atoms with E-state index in [2.05, 4.69) is 33.9 Å². The molecule has 0 aliphatic heterocycles. The Morgan fingerprint density at radius 1 is 0.857 bits per heavy atom. The van der Waals surface area contributed by atoms with Gasteiger partial charge in [0.25, 0.3) is 0 Å². The molecule has 0 aromatic rings. The number of hydrogen-bond donors (Lipinski definition) is 0. The van der Waals surface area contributed by atoms with E-state index < -0.39 is 0 Å². The van der Waals surface area contributed by atoms with Crippen molar-refractivity contribution >= 4 is 11.9 Å². The molecular formula is C24H42O4. The minimum absolute atomic E-state index is 0.294. The van der Waals surface area contributed by atoms with E-state index in [4.69, 9.17) is 9.47 Å². The first-order valence-electron chi connectivity index (χ1n) is 10.9. The fourth-order valence-electron chi connectivity index (χ4n) is 3.62. The van der Waals surface area contributed by atoms with Crippen LogP contribution in [0.4, 0.5) is 0 Å². The molecule has 0 aromatic carbocycles. The Morgan fingerprint density at radius 2 is 1.36 bits per heavy atom. The molecule has 0 spiro atoms. The van der Waals surface area contributed by atoms with Crippen LogP contribution in [0.15, 0.2) is 24.3 Å². The lowest BCUT2D eigenvalue weighted by atomic mass is 9.70. The standard InChI is InChI=1S/C24H42O4/c1-8-21(14-11-12-16-27-22(25)19(4)5)18-24(9-2,10-3)15-13-17-28-23(26)20(6)7/h21H,4,6,8-18H2,1-3,5,7H3. The van der Waals surface area contributed by atoms with Gasteiger partial charge in [-0.15, -0.1) is 0 Å². The van der Waals surface area contributed by atoms with Gasteiger partial charge in [0.2, 0.25) is 0 Å². The van der Waals surface area contributed by atoms with Gasteiger partial charge in [-0.05, 0) is 57.3 Å². The summed E-state index contributed by atoms with van der Waals surface area (Å²) < 4.78 is 10.4. The summed E-state index contributed by atoms with van der Waals surface area (Å²) in [5, 5.41) is 0. The van der Waals surface area contributed by atoms with Crippen LogP contribution in [0, 0.1) is 11.3 Å². The molecule has 0 heterocycles. The van der Waals surface area contributed by atoms with Gasteiger partial charge in [0, 0.05) is 11.1 Å². The van der Waals surface area contributed by atoms with Gasteiger partial charge < -0.3 is 9.47 Å². The second kappa shape index (κ2) is 14.4. The number of esters is 2. The van der Waals surface area contributed by atoms with Crippen molar-refractivity contribution in [1.82, 2.24) is 0 Å². The Morgan fingerprint density at radius 3 is 1.79 bits per heavy atom. The lowest BCUT2D eigenvalue weighted by molar-refractivity contribution is -0.140. The van der Waals surface area contributed by atoms with E-state index in [0.717, 1.165) is 51.4 Å². The molecule has 0 saturated carbocycles. The van der Waals surface area contributed by atoms with Gasteiger partial charge in [-0.2, -0.15) is 0 Å². The van der Waals surface area contributed by atoms with E-state index >= 15 is 0 Å². The minimum atomic E-state index is -0.296. The van der Waals surface area contributed by atoms with Crippen LogP contribution in [-0.4, -0.2) is 25.2 Å². The zero-order valence-electron chi connectivity index (χ0n) is 18.9. The molecule has 0 aromatic heterocycles. The van der Waals surface area contributed by atoms with Gasteiger partial charge in [0.15, 0.2) is 0 Å². The maximum atomic E-state index is 11.5. The summed E-state index contributed by atoms with van der Waals surface area (Å²) in [5.41, 5.74) is 1.22. The number of ether oxygens (including phenoxy) is 2. The van der Waals surface area contributed by atoms with Gasteiger partial charge in [-0.3, -0.25) is 0 Å². The van der Waals surface area contributed by atoms with E-state index in [1.807, 2.05) is 0 Å². The van der Waals surface area contributed by atoms with Crippen molar-refractivity contribution in [2.24, 2.45) is 11.3 Å². The second-order valence-electron chi connectivity index (χ2n) is 8.12. The predicted octanol–water partition coefficient (Wildman–Crippen LogP) is 6.40. The first-order chi connectivity index (χ1) is 13.2. The van der Waals surface area contributed by atoms with E-state index in [1.165, 1.54) is 6.42 Å². The Balaban J connectivity index is 4.39. The maximum Gasteiger partial charge on any atom is 0.333 e. The first-order valence-corrected chi connectivity index (χ1v) is 10.9. The molecule has 0 saturated heterocycles. The summed E-state index contributed by atoms with van der Waals surface area (Å²) in [6.07, 6.45) is 9.76. The van der Waals surface area contributed by atoms with E-state index in [0.29, 0.717) is 35.7 Å². The fraction of sp³-hybridized carbons (Fsp3) is 0.750. The molecule has 4 nitrogen and oxygen atoms in total. The normalized spacial score (nSPS) is 12.3. The molecule has 162 valence electrons. The highest BCUT2D eigenvalue weighted by Gasteiger charge is 2.28. The average Bonchev–Trinajstić information content (AvgIpc) is 2.68. The molecule has 0 rings (SSSR count). The summed E-state index contributed by atoms with van der Waals surface area (Å²) in [7, 11) is 0. The highest BCUT2D eigenvalue weighted by Crippen LogP contribution is 2.40. The van der Waals surface area contributed by atoms with Crippen LogP contribution in [0.3, 0.4) is 0 Å². The zero-order chi connectivity index (χ0) is 21.6. The van der Waals surface area contributed by atoms with Crippen molar-refractivity contribution in [3.63, 3.8) is 0 Å². The Labute approximate surface area is 172 Å². The summed E-state index contributed by atoms with van der Waals surface area (Å²) in [6.45, 7) is 18.3. The summed E-state index contributed by atoms with van der Waals surface area (Å²) in [4.78, 5) is 22.9. The Bertz CT molecular complexity index is 503. The van der Waals surface area contributed by atoms with E-state index in [9.17, 15) is 9.59 Å². The lowest BCUT2D eigenvalue weighted by Crippen LogP contribution is -2.24. The fourth-order valence-corrected chi connectivity index (χ4v) is 3.62. The van der Waals surface area contributed by atoms with Crippen LogP contribution >= 0.6 is 0 Å². The topological polar surface area (TPSA) is 52.6 Å². The third-order valence-electron chi connectivity index (χ3n) is 5.82. The molecule has 4 heteroatoms. The van der Waals surface area contributed by atoms with Gasteiger partial charge >= 0.3 is 11.9 Å². The molecular weight excluding hydrogens is 352 g/mol. The zero-order valence-corrected chi connectivity index (χ0v) is 18.9. The van der Waals surface area contributed by atoms with Crippen LogP contribution in [0.1, 0.15) is 92.4 Å². The molecule has 0 aliphatic rings. The van der Waals surface area contributed by atoms with Crippen LogP contribution in [0.2, 0.25) is 0 Å². The highest BCUT2D eigenvalue weighted by atomic mass is 16.5. The smallest absolute Gasteiger partial charge is 0.333 e. The molecule has 0 aliphatic carbocycles. The molecule has 0 N–H and O–H groups in total. The molecule has 1 atom stereocenters. The Hall–Kier alpha value is -1.58. The van der Waals surface area contributed by atoms with Crippen LogP contribution < -0.4 is 0 Å². The molecule has 1 unspecified atom stereocenters. The largest absolute Gasteiger partial charge is 0.462 e. The molecule has 0 bridgehead atoms. The molecule has 0 fully saturated rings. The Kier molecular flexibility index (Phi) is 13.6. The van der Waals surface area contributed by atoms with E-state index in [1.54, 1.807) is 13.8 Å². The van der Waals surface area contributed by atoms with Crippen LogP contribution in [-0.2, 0) is 19.1 Å². The lowest BCUT2D eigenvalue weighted by Gasteiger charge is -2.35. The third-order valence-corrected chi connectivity index (χ3v) is 5.82. The van der Waals surface area contributed by atoms with Gasteiger partial charge in [-0.1, -0.05) is 59.6 Å². The third kappa shape index (κ3) is 10.7. The van der Waals surface area contributed by atoms with Crippen molar-refractivity contribution in [3.8, 4) is 0 Å². The minimum Gasteiger partial charge on any atom is -0.462 e. The number of rotatable bonds is 16. The number of carbonyl (C=O) groups is 2. The van der Waals surface area contributed by atoms with Crippen molar-refractivity contribution in [1.29, 1.82) is 0 Å². The van der Waals surface area contributed by atoms with Crippen molar-refractivity contribution in [2.75, 3.05) is 13.2 Å². The quantitative estimate of drug-likeness (QED) is 0.173. The molecule has 28 heavy (non-hydrogen) atoms. The molecule has 0 amide bonds. The van der Waals surface area contributed by atoms with Crippen LogP contribution in [0.5, 0.6) is 0 Å². The van der Waals surface area contributed by atoms with Crippen molar-refractivity contribution < 1.29 is 19.1 Å². The molecule has 0 radical (unpaired) electrons. The van der Waals surface area contributed by atoms with Gasteiger partial charge in [0.1, 0.15) is 0 Å². The second-order valence-corrected chi connectivity index (χ2v) is 8.12. The summed E-state index contributed by atoms with van der Waals surface area (Å²) >= 11 is 0. The first kappa shape index (κ1) is 26.4. The number of unbranched alkanes of at least 4 members (excludes halogenated alkanes) is 1. The van der Waals surface area contributed by atoms with Gasteiger partial charge in [-0.25, -0.2) is 9.59 Å². The predicted molar refractivity (Wildman–Crippen MR) is 116 cm³/mol. The summed E-state index contributed by atoms with van der Waals surface area (Å²) in [5.74, 6) is 0.0856. The van der Waals surface area contributed by atoms with Gasteiger partial charge in [0.05, 0.1) is 13.2 Å². The van der Waals surface area contributed by atoms with Crippen molar-refractivity contribution in [3.05, 3.63) is 24.3 Å². The SMILES string of the molecule is C=C(C)C(=O)OCCCCC(CC)CC(CC)(CC)CCCOC(=O)C(=C)C. The average molecular weight is 395 g/mol. The summed E-state index contributed by atoms with van der Waals surface area (Å²) in [6, 6.07) is 0. The van der Waals surface area contributed by atoms with Crippen molar-refractivity contribution in [2.45, 2.75) is 92.4 Å². The maximum absolute atomic E-state index is 11.5. The number of carbonyl (C=O) groups excluding carboxylic acids is 2. The van der Waals surface area contributed by atoms with E-state index in [-0.39, 0.29) is 11.9 Å². The highest BCUT2D eigenvalue weighted by molar-refractivity contribution is 5.87. The van der Waals surface area contributed by atoms with Crippen LogP contribution in [0.25, 0.3) is 0 Å². The monoisotopic (exact) mass is 394 g/mol.